The molecule has 0 saturated heterocycles. The molecule has 38 valence electrons. The number of pyridine rings is 1. The van der Waals surface area contributed by atoms with Gasteiger partial charge in [-0.05, 0) is 12.1 Å². The van der Waals surface area contributed by atoms with Gasteiger partial charge in [0, 0.05) is 6.20 Å². The second kappa shape index (κ2) is 2.08. The second-order valence-corrected chi connectivity index (χ2v) is 1.24. The molecule has 2 heteroatoms. The van der Waals surface area contributed by atoms with E-state index >= 15 is 0 Å². The quantitative estimate of drug-likeness (QED) is 0.492. The van der Waals surface area contributed by atoms with Crippen LogP contribution in [0.1, 0.15) is 7.06 Å². The lowest BCUT2D eigenvalue weighted by atomic mass is 10.4. The van der Waals surface area contributed by atoms with Gasteiger partial charge in [0.2, 0.25) is 0 Å². The summed E-state index contributed by atoms with van der Waals surface area (Å²) in [6.45, 7) is 0. The van der Waals surface area contributed by atoms with Crippen molar-refractivity contribution in [2.45, 2.75) is 0 Å². The summed E-state index contributed by atoms with van der Waals surface area (Å²) in [6.07, 6.45) is 1.50. The first-order valence-electron chi connectivity index (χ1n) is 2.66. The van der Waals surface area contributed by atoms with E-state index in [0.29, 0.717) is 0 Å². The molecule has 0 atom stereocenters. The lowest BCUT2D eigenvalue weighted by Crippen LogP contribution is -1.75. The van der Waals surface area contributed by atoms with Crippen LogP contribution in [0.4, 0.5) is 0 Å². The highest BCUT2D eigenvalue weighted by Crippen LogP contribution is 1.86. The van der Waals surface area contributed by atoms with Gasteiger partial charge in [-0.2, -0.15) is 5.26 Å². The number of rotatable bonds is 0. The molecule has 0 radical (unpaired) electrons. The highest BCUT2D eigenvalue weighted by molar-refractivity contribution is 5.18. The molecule has 0 aliphatic carbocycles. The highest BCUT2D eigenvalue weighted by Gasteiger charge is 1.81. The maximum atomic E-state index is 8.29. The first-order valence-corrected chi connectivity index (χ1v) is 2.16. The summed E-state index contributed by atoms with van der Waals surface area (Å²) in [5, 5.41) is 8.29. The van der Waals surface area contributed by atoms with Gasteiger partial charge < -0.3 is 0 Å². The average Bonchev–Trinajstić information content (AvgIpc) is 1.89. The van der Waals surface area contributed by atoms with Crippen LogP contribution in [0, 0.1) is 11.3 Å². The van der Waals surface area contributed by atoms with Gasteiger partial charge in [0.15, 0.2) is 0 Å². The van der Waals surface area contributed by atoms with Crippen molar-refractivity contribution in [1.82, 2.24) is 4.98 Å². The fraction of sp³-hybridized carbons (Fsp3) is 0. The van der Waals surface area contributed by atoms with Crippen LogP contribution in [-0.2, 0) is 0 Å². The standard InChI is InChI=1S/C6H4N2/c7-5-6-3-1-2-4-8-6/h1-4H/i3D. The third kappa shape index (κ3) is 0.824. The Morgan fingerprint density at radius 2 is 2.62 bits per heavy atom. The molecule has 8 heavy (non-hydrogen) atoms. The second-order valence-electron chi connectivity index (χ2n) is 1.24. The van der Waals surface area contributed by atoms with Crippen molar-refractivity contribution >= 4 is 0 Å². The van der Waals surface area contributed by atoms with Gasteiger partial charge in [0.1, 0.15) is 11.8 Å². The van der Waals surface area contributed by atoms with Crippen molar-refractivity contribution in [3.05, 3.63) is 30.1 Å². The predicted molar refractivity (Wildman–Crippen MR) is 29.0 cm³/mol. The Morgan fingerprint density at radius 3 is 3.12 bits per heavy atom. The predicted octanol–water partition coefficient (Wildman–Crippen LogP) is 0.953. The van der Waals surface area contributed by atoms with Crippen molar-refractivity contribution < 1.29 is 1.37 Å². The number of nitriles is 1. The SMILES string of the molecule is [2H]c1cccnc1C#N. The Bertz CT molecular complexity index is 251. The summed E-state index contributed by atoms with van der Waals surface area (Å²) >= 11 is 0. The molecule has 0 fully saturated rings. The molecule has 1 rings (SSSR count). The molecular weight excluding hydrogens is 100 g/mol. The summed E-state index contributed by atoms with van der Waals surface area (Å²) in [5.74, 6) is 0. The third-order valence-corrected chi connectivity index (χ3v) is 0.712. The zero-order valence-electron chi connectivity index (χ0n) is 5.13. The molecule has 1 aromatic rings. The lowest BCUT2D eigenvalue weighted by Gasteiger charge is -1.79. The van der Waals surface area contributed by atoms with Crippen LogP contribution in [0.15, 0.2) is 24.4 Å². The largest absolute Gasteiger partial charge is 0.246 e. The molecule has 1 aromatic heterocycles. The van der Waals surface area contributed by atoms with Crippen LogP contribution in [0.3, 0.4) is 0 Å². The fourth-order valence-corrected chi connectivity index (χ4v) is 0.386. The molecule has 0 amide bonds. The minimum Gasteiger partial charge on any atom is -0.246 e. The third-order valence-electron chi connectivity index (χ3n) is 0.712. The fourth-order valence-electron chi connectivity index (χ4n) is 0.386. The zero-order chi connectivity index (χ0) is 6.69. The molecular formula is C6H4N2. The van der Waals surface area contributed by atoms with E-state index in [0.717, 1.165) is 0 Å². The van der Waals surface area contributed by atoms with Gasteiger partial charge in [0.05, 0.1) is 1.37 Å². The van der Waals surface area contributed by atoms with E-state index in [1.165, 1.54) is 12.3 Å². The molecule has 0 N–H and O–H groups in total. The van der Waals surface area contributed by atoms with Crippen molar-refractivity contribution in [2.75, 3.05) is 0 Å². The molecule has 0 aliphatic rings. The van der Waals surface area contributed by atoms with E-state index in [9.17, 15) is 0 Å². The maximum Gasteiger partial charge on any atom is 0.140 e. The molecule has 0 saturated carbocycles. The van der Waals surface area contributed by atoms with Crippen molar-refractivity contribution in [3.8, 4) is 6.07 Å². The van der Waals surface area contributed by atoms with Crippen LogP contribution in [-0.4, -0.2) is 4.98 Å². The monoisotopic (exact) mass is 105 g/mol. The van der Waals surface area contributed by atoms with E-state index in [2.05, 4.69) is 4.98 Å². The van der Waals surface area contributed by atoms with Crippen LogP contribution >= 0.6 is 0 Å². The smallest absolute Gasteiger partial charge is 0.140 e. The average molecular weight is 105 g/mol. The normalized spacial score (nSPS) is 9.62. The molecule has 0 aromatic carbocycles. The van der Waals surface area contributed by atoms with Crippen LogP contribution in [0.5, 0.6) is 0 Å². The van der Waals surface area contributed by atoms with Crippen molar-refractivity contribution in [2.24, 2.45) is 0 Å². The summed E-state index contributed by atoms with van der Waals surface area (Å²) < 4.78 is 7.09. The molecule has 0 bridgehead atoms. The molecule has 0 unspecified atom stereocenters. The van der Waals surface area contributed by atoms with Crippen LogP contribution in [0.2, 0.25) is 0 Å². The molecule has 1 heterocycles. The molecule has 2 nitrogen and oxygen atoms in total. The number of aromatic nitrogens is 1. The highest BCUT2D eigenvalue weighted by atomic mass is 14.7. The minimum absolute atomic E-state index is 0.178. The van der Waals surface area contributed by atoms with E-state index in [1.54, 1.807) is 12.1 Å². The van der Waals surface area contributed by atoms with E-state index in [-0.39, 0.29) is 11.7 Å². The number of hydrogen-bond donors (Lipinski definition) is 0. The van der Waals surface area contributed by atoms with E-state index < -0.39 is 0 Å². The van der Waals surface area contributed by atoms with Crippen molar-refractivity contribution in [3.63, 3.8) is 0 Å². The van der Waals surface area contributed by atoms with E-state index in [4.69, 9.17) is 6.63 Å². The van der Waals surface area contributed by atoms with Gasteiger partial charge in [-0.25, -0.2) is 4.98 Å². The van der Waals surface area contributed by atoms with Gasteiger partial charge >= 0.3 is 0 Å². The Labute approximate surface area is 48.8 Å². The number of hydrogen-bond acceptors (Lipinski definition) is 2. The Balaban J connectivity index is 3.20. The van der Waals surface area contributed by atoms with Crippen LogP contribution < -0.4 is 0 Å². The summed E-state index contributed by atoms with van der Waals surface area (Å²) in [7, 11) is 0. The maximum absolute atomic E-state index is 8.29. The Hall–Kier alpha value is -1.36. The first-order chi connectivity index (χ1) is 4.34. The molecule has 0 spiro atoms. The Morgan fingerprint density at radius 1 is 1.75 bits per heavy atom. The first kappa shape index (κ1) is 3.62. The molecule has 0 aliphatic heterocycles. The van der Waals surface area contributed by atoms with E-state index in [1.807, 2.05) is 0 Å². The summed E-state index contributed by atoms with van der Waals surface area (Å²) in [4.78, 5) is 3.65. The van der Waals surface area contributed by atoms with Gasteiger partial charge in [-0.3, -0.25) is 0 Å². The van der Waals surface area contributed by atoms with Crippen molar-refractivity contribution in [1.29, 1.82) is 5.26 Å². The topological polar surface area (TPSA) is 36.7 Å². The van der Waals surface area contributed by atoms with Crippen LogP contribution in [0.25, 0.3) is 0 Å². The number of nitrogens with zero attached hydrogens (tertiary/aromatic N) is 2. The summed E-state index contributed by atoms with van der Waals surface area (Å²) in [6, 6.07) is 5.14. The lowest BCUT2D eigenvalue weighted by molar-refractivity contribution is 1.26. The zero-order valence-corrected chi connectivity index (χ0v) is 4.13. The van der Waals surface area contributed by atoms with Gasteiger partial charge in [0.25, 0.3) is 0 Å². The van der Waals surface area contributed by atoms with Gasteiger partial charge in [-0.1, -0.05) is 6.07 Å². The Kier molecular flexibility index (Phi) is 0.941. The van der Waals surface area contributed by atoms with Gasteiger partial charge in [-0.15, -0.1) is 0 Å². The minimum atomic E-state index is 0.178. The summed E-state index contributed by atoms with van der Waals surface area (Å²) in [5.41, 5.74) is 0.178.